The van der Waals surface area contributed by atoms with Crippen LogP contribution in [0, 0.1) is 17.2 Å². The highest BCUT2D eigenvalue weighted by atomic mass is 16.5. The molecule has 160 valence electrons. The summed E-state index contributed by atoms with van der Waals surface area (Å²) >= 11 is 0. The molecule has 30 heavy (non-hydrogen) atoms. The molecule has 2 unspecified atom stereocenters. The molecular formula is C21H28N6O3. The minimum Gasteiger partial charge on any atom is -0.492 e. The van der Waals surface area contributed by atoms with Gasteiger partial charge < -0.3 is 20.8 Å². The fraction of sp³-hybridized carbons (Fsp3) is 0.571. The van der Waals surface area contributed by atoms with Crippen LogP contribution >= 0.6 is 0 Å². The van der Waals surface area contributed by atoms with Gasteiger partial charge in [0.05, 0.1) is 24.3 Å². The molecule has 2 atom stereocenters. The van der Waals surface area contributed by atoms with Crippen molar-refractivity contribution in [1.29, 1.82) is 5.26 Å². The Hall–Kier alpha value is -2.99. The molecule has 1 aliphatic carbocycles. The Bertz CT molecular complexity index is 1110. The lowest BCUT2D eigenvalue weighted by molar-refractivity contribution is 0.404. The van der Waals surface area contributed by atoms with Crippen LogP contribution in [0.2, 0.25) is 0 Å². The zero-order valence-electron chi connectivity index (χ0n) is 17.4. The van der Waals surface area contributed by atoms with Crippen molar-refractivity contribution in [2.45, 2.75) is 44.7 Å². The number of anilines is 1. The summed E-state index contributed by atoms with van der Waals surface area (Å²) in [5, 5.41) is 12.6. The van der Waals surface area contributed by atoms with Gasteiger partial charge in [-0.25, -0.2) is 4.79 Å². The van der Waals surface area contributed by atoms with Gasteiger partial charge in [0.1, 0.15) is 5.52 Å². The van der Waals surface area contributed by atoms with Crippen LogP contribution in [-0.4, -0.2) is 42.0 Å². The molecule has 9 heteroatoms. The molecular weight excluding hydrogens is 384 g/mol. The molecule has 1 saturated carbocycles. The third-order valence-corrected chi connectivity index (χ3v) is 6.30. The summed E-state index contributed by atoms with van der Waals surface area (Å²) < 4.78 is 8.09. The monoisotopic (exact) mass is 412 g/mol. The Balaban J connectivity index is 1.72. The number of nitrogens with one attached hydrogen (secondary N) is 1. The van der Waals surface area contributed by atoms with E-state index >= 15 is 0 Å². The van der Waals surface area contributed by atoms with E-state index in [1.165, 1.54) is 0 Å². The summed E-state index contributed by atoms with van der Waals surface area (Å²) in [6, 6.07) is 6.14. The summed E-state index contributed by atoms with van der Waals surface area (Å²) in [4.78, 5) is 27.6. The number of methoxy groups -OCH3 is 1. The number of nitrogen functional groups attached to an aromatic ring is 1. The van der Waals surface area contributed by atoms with Crippen LogP contribution in [0.3, 0.4) is 0 Å². The molecule has 3 N–H and O–H groups in total. The minimum absolute atomic E-state index is 0.0511. The average molecular weight is 412 g/mol. The Morgan fingerprint density at radius 2 is 2.10 bits per heavy atom. The second-order valence-corrected chi connectivity index (χ2v) is 8.22. The lowest BCUT2D eigenvalue weighted by atomic mass is 10.0. The molecule has 4 rings (SSSR count). The number of benzene rings is 1. The molecule has 0 spiro atoms. The van der Waals surface area contributed by atoms with E-state index in [2.05, 4.69) is 23.2 Å². The number of ether oxygens (including phenoxy) is 1. The van der Waals surface area contributed by atoms with Gasteiger partial charge >= 0.3 is 5.69 Å². The minimum atomic E-state index is -0.508. The van der Waals surface area contributed by atoms with Crippen molar-refractivity contribution in [2.75, 3.05) is 37.5 Å². The average Bonchev–Trinajstić information content (AvgIpc) is 3.46. The number of nitriles is 1. The van der Waals surface area contributed by atoms with Crippen LogP contribution in [0.4, 0.5) is 5.69 Å². The lowest BCUT2D eigenvalue weighted by Gasteiger charge is -2.25. The Labute approximate surface area is 174 Å². The van der Waals surface area contributed by atoms with Crippen molar-refractivity contribution in [3.63, 3.8) is 0 Å². The molecule has 1 aromatic heterocycles. The van der Waals surface area contributed by atoms with Gasteiger partial charge in [0.15, 0.2) is 5.75 Å². The molecule has 0 amide bonds. The first-order valence-electron chi connectivity index (χ1n) is 10.5. The van der Waals surface area contributed by atoms with E-state index in [4.69, 9.17) is 15.8 Å². The summed E-state index contributed by atoms with van der Waals surface area (Å²) in [5.74, 6) is 6.75. The Morgan fingerprint density at radius 3 is 2.77 bits per heavy atom. The Kier molecular flexibility index (Phi) is 5.43. The van der Waals surface area contributed by atoms with E-state index in [-0.39, 0.29) is 6.04 Å². The van der Waals surface area contributed by atoms with E-state index in [1.807, 2.05) is 6.07 Å². The predicted molar refractivity (Wildman–Crippen MR) is 115 cm³/mol. The third kappa shape index (κ3) is 3.41. The number of rotatable bonds is 7. The number of nitrogens with two attached hydrogens (primary N) is 1. The van der Waals surface area contributed by atoms with Crippen LogP contribution in [0.1, 0.15) is 38.6 Å². The van der Waals surface area contributed by atoms with Gasteiger partial charge in [-0.2, -0.15) is 9.94 Å². The first kappa shape index (κ1) is 20.3. The van der Waals surface area contributed by atoms with Crippen LogP contribution in [0.5, 0.6) is 5.75 Å². The van der Waals surface area contributed by atoms with Gasteiger partial charge in [-0.3, -0.25) is 9.36 Å². The van der Waals surface area contributed by atoms with Gasteiger partial charge in [-0.05, 0) is 44.2 Å². The molecule has 2 heterocycles. The quantitative estimate of drug-likeness (QED) is 0.513. The molecule has 9 nitrogen and oxygen atoms in total. The van der Waals surface area contributed by atoms with Crippen molar-refractivity contribution < 1.29 is 4.74 Å². The summed E-state index contributed by atoms with van der Waals surface area (Å²) in [5.41, 5.74) is 0.420. The second kappa shape index (κ2) is 8.03. The fourth-order valence-electron chi connectivity index (χ4n) is 4.46. The van der Waals surface area contributed by atoms with E-state index < -0.39 is 11.2 Å². The molecule has 2 aliphatic rings. The number of fused-ring (bicyclic) bond motifs is 1. The maximum atomic E-state index is 12.8. The van der Waals surface area contributed by atoms with Crippen LogP contribution < -0.4 is 32.0 Å². The van der Waals surface area contributed by atoms with E-state index in [0.29, 0.717) is 46.3 Å². The summed E-state index contributed by atoms with van der Waals surface area (Å²) in [6.07, 6.45) is 3.29. The standard InChI is InChI=1S/C21H28N6O3/c1-13(24-10-3-9-22)14-8-11-25(12-14)17-7-6-16-18(19(17)30-2)26(15-4-5-15)21(29)27(23)20(16)28/h6-7,13-15,24H,3-5,8,10-12,23H2,1-2H3. The van der Waals surface area contributed by atoms with Gasteiger partial charge in [-0.1, -0.05) is 0 Å². The van der Waals surface area contributed by atoms with Gasteiger partial charge in [0.2, 0.25) is 0 Å². The van der Waals surface area contributed by atoms with Gasteiger partial charge in [0, 0.05) is 38.1 Å². The highest BCUT2D eigenvalue weighted by Gasteiger charge is 2.33. The van der Waals surface area contributed by atoms with Crippen molar-refractivity contribution in [2.24, 2.45) is 5.92 Å². The van der Waals surface area contributed by atoms with E-state index in [9.17, 15) is 9.59 Å². The van der Waals surface area contributed by atoms with E-state index in [1.54, 1.807) is 17.7 Å². The summed E-state index contributed by atoms with van der Waals surface area (Å²) in [6.45, 7) is 4.53. The number of hydrogen-bond acceptors (Lipinski definition) is 7. The van der Waals surface area contributed by atoms with Crippen molar-refractivity contribution in [3.05, 3.63) is 33.0 Å². The van der Waals surface area contributed by atoms with Crippen molar-refractivity contribution in [1.82, 2.24) is 14.6 Å². The zero-order chi connectivity index (χ0) is 21.4. The van der Waals surface area contributed by atoms with Gasteiger partial charge in [0.25, 0.3) is 5.56 Å². The molecule has 2 fully saturated rings. The van der Waals surface area contributed by atoms with Crippen molar-refractivity contribution >= 4 is 16.6 Å². The topological polar surface area (TPSA) is 118 Å². The molecule has 1 saturated heterocycles. The number of hydrogen-bond donors (Lipinski definition) is 2. The molecule has 1 aliphatic heterocycles. The molecule has 1 aromatic carbocycles. The van der Waals surface area contributed by atoms with E-state index in [0.717, 1.165) is 38.0 Å². The normalized spacial score (nSPS) is 19.8. The smallest absolute Gasteiger partial charge is 0.350 e. The number of aromatic nitrogens is 2. The zero-order valence-corrected chi connectivity index (χ0v) is 17.4. The predicted octanol–water partition coefficient (Wildman–Crippen LogP) is 0.939. The largest absolute Gasteiger partial charge is 0.492 e. The SMILES string of the molecule is COc1c(N2CCC(C(C)NCCC#N)C2)ccc2c(=O)n(N)c(=O)n(C3CC3)c12. The maximum absolute atomic E-state index is 12.8. The molecule has 0 radical (unpaired) electrons. The van der Waals surface area contributed by atoms with Gasteiger partial charge in [-0.15, -0.1) is 0 Å². The fourth-order valence-corrected chi connectivity index (χ4v) is 4.46. The highest BCUT2D eigenvalue weighted by molar-refractivity contribution is 5.90. The Morgan fingerprint density at radius 1 is 1.33 bits per heavy atom. The first-order chi connectivity index (χ1) is 14.5. The second-order valence-electron chi connectivity index (χ2n) is 8.22. The van der Waals surface area contributed by atoms with Crippen LogP contribution in [0.15, 0.2) is 21.7 Å². The van der Waals surface area contributed by atoms with Crippen LogP contribution in [-0.2, 0) is 0 Å². The first-order valence-corrected chi connectivity index (χ1v) is 10.5. The number of nitrogens with zero attached hydrogens (tertiary/aromatic N) is 4. The van der Waals surface area contributed by atoms with Crippen LogP contribution in [0.25, 0.3) is 10.9 Å². The molecule has 2 aromatic rings. The molecule has 0 bridgehead atoms. The third-order valence-electron chi connectivity index (χ3n) is 6.30. The van der Waals surface area contributed by atoms with Crippen molar-refractivity contribution in [3.8, 4) is 11.8 Å². The lowest BCUT2D eigenvalue weighted by Crippen LogP contribution is -2.44. The maximum Gasteiger partial charge on any atom is 0.350 e. The highest BCUT2D eigenvalue weighted by Crippen LogP contribution is 2.42. The summed E-state index contributed by atoms with van der Waals surface area (Å²) in [7, 11) is 1.58.